The molecule has 0 saturated carbocycles. The van der Waals surface area contributed by atoms with E-state index in [0.29, 0.717) is 32.2 Å². The van der Waals surface area contributed by atoms with Crippen LogP contribution in [-0.4, -0.2) is 84.8 Å². The van der Waals surface area contributed by atoms with E-state index in [0.717, 1.165) is 17.8 Å². The van der Waals surface area contributed by atoms with Gasteiger partial charge in [0.15, 0.2) is 0 Å². The number of anilines is 1. The quantitative estimate of drug-likeness (QED) is 0.714. The van der Waals surface area contributed by atoms with E-state index in [1.165, 1.54) is 4.90 Å². The van der Waals surface area contributed by atoms with Gasteiger partial charge in [-0.1, -0.05) is 18.2 Å². The fourth-order valence-corrected chi connectivity index (χ4v) is 5.25. The number of rotatable bonds is 3. The largest absolute Gasteiger partial charge is 0.339 e. The number of amides is 3. The van der Waals surface area contributed by atoms with Crippen molar-refractivity contribution in [2.45, 2.75) is 6.04 Å². The van der Waals surface area contributed by atoms with E-state index in [4.69, 9.17) is 0 Å². The summed E-state index contributed by atoms with van der Waals surface area (Å²) in [4.78, 5) is 44.6. The van der Waals surface area contributed by atoms with Crippen LogP contribution in [0.3, 0.4) is 0 Å². The summed E-state index contributed by atoms with van der Waals surface area (Å²) in [5.41, 5.74) is 3.84. The van der Waals surface area contributed by atoms with Gasteiger partial charge in [-0.05, 0) is 31.3 Å². The maximum atomic E-state index is 14.1. The third-order valence-electron chi connectivity index (χ3n) is 7.07. The summed E-state index contributed by atoms with van der Waals surface area (Å²) in [5, 5.41) is 1.54. The molecular formula is C25H27F2N5O3. The highest BCUT2D eigenvalue weighted by Crippen LogP contribution is 2.32. The lowest BCUT2D eigenvalue weighted by molar-refractivity contribution is -0.140. The molecule has 184 valence electrons. The van der Waals surface area contributed by atoms with E-state index in [9.17, 15) is 23.2 Å². The molecule has 0 aromatic heterocycles. The van der Waals surface area contributed by atoms with Crippen LogP contribution in [-0.2, 0) is 9.59 Å². The van der Waals surface area contributed by atoms with Crippen LogP contribution in [0.15, 0.2) is 48.5 Å². The third-order valence-corrected chi connectivity index (χ3v) is 7.07. The Morgan fingerprint density at radius 3 is 2.31 bits per heavy atom. The Kier molecular flexibility index (Phi) is 6.24. The summed E-state index contributed by atoms with van der Waals surface area (Å²) in [6.45, 7) is 2.20. The fourth-order valence-electron chi connectivity index (χ4n) is 5.25. The smallest absolute Gasteiger partial charge is 0.256 e. The number of piperazine rings is 1. The Morgan fingerprint density at radius 1 is 0.943 bits per heavy atom. The number of hydrogen-bond acceptors (Lipinski definition) is 5. The molecule has 10 heteroatoms. The second kappa shape index (κ2) is 9.35. The minimum Gasteiger partial charge on any atom is -0.339 e. The standard InChI is InChI=1S/C25H27F2N5O3/c1-29-14-19(22-20(15-29)25(35)32(28-22)17-5-3-2-4-6-17)24(34)31-11-9-30(10-12-31)23(33)18-8-7-16(26)13-21(18)27/h2-8,13,19-20,22,28H,9-12,14-15H2,1H3. The molecule has 3 atom stereocenters. The molecule has 2 aromatic carbocycles. The van der Waals surface area contributed by atoms with Crippen molar-refractivity contribution < 1.29 is 23.2 Å². The number of likely N-dealkylation sites (tertiary alicyclic amines) is 1. The summed E-state index contributed by atoms with van der Waals surface area (Å²) in [5.74, 6) is -3.04. The summed E-state index contributed by atoms with van der Waals surface area (Å²) in [7, 11) is 1.91. The first-order valence-electron chi connectivity index (χ1n) is 11.7. The maximum absolute atomic E-state index is 14.1. The molecule has 2 aromatic rings. The van der Waals surface area contributed by atoms with Gasteiger partial charge in [0, 0.05) is 45.3 Å². The zero-order valence-electron chi connectivity index (χ0n) is 19.4. The third kappa shape index (κ3) is 4.39. The predicted octanol–water partition coefficient (Wildman–Crippen LogP) is 1.35. The molecule has 1 N–H and O–H groups in total. The Balaban J connectivity index is 1.26. The number of benzene rings is 2. The van der Waals surface area contributed by atoms with Gasteiger partial charge >= 0.3 is 0 Å². The Hall–Kier alpha value is -3.37. The molecule has 3 aliphatic heterocycles. The van der Waals surface area contributed by atoms with Crippen LogP contribution < -0.4 is 10.4 Å². The average molecular weight is 484 g/mol. The van der Waals surface area contributed by atoms with E-state index >= 15 is 0 Å². The zero-order chi connectivity index (χ0) is 24.7. The minimum absolute atomic E-state index is 0.0534. The number of fused-ring (bicyclic) bond motifs is 1. The number of hydrogen-bond donors (Lipinski definition) is 1. The molecule has 0 radical (unpaired) electrons. The molecule has 3 saturated heterocycles. The van der Waals surface area contributed by atoms with Crippen LogP contribution in [0.25, 0.3) is 0 Å². The van der Waals surface area contributed by atoms with Crippen LogP contribution in [0.5, 0.6) is 0 Å². The van der Waals surface area contributed by atoms with Gasteiger partial charge < -0.3 is 14.7 Å². The van der Waals surface area contributed by atoms with Crippen molar-refractivity contribution in [1.29, 1.82) is 0 Å². The number of nitrogens with zero attached hydrogens (tertiary/aromatic N) is 4. The van der Waals surface area contributed by atoms with E-state index in [2.05, 4.69) is 5.43 Å². The first-order valence-corrected chi connectivity index (χ1v) is 11.7. The van der Waals surface area contributed by atoms with Crippen LogP contribution >= 0.6 is 0 Å². The predicted molar refractivity (Wildman–Crippen MR) is 124 cm³/mol. The summed E-state index contributed by atoms with van der Waals surface area (Å²) in [6.07, 6.45) is 0. The lowest BCUT2D eigenvalue weighted by atomic mass is 9.84. The van der Waals surface area contributed by atoms with Gasteiger partial charge in [-0.25, -0.2) is 19.2 Å². The number of para-hydroxylation sites is 1. The molecule has 3 unspecified atom stereocenters. The lowest BCUT2D eigenvalue weighted by Crippen LogP contribution is -2.59. The van der Waals surface area contributed by atoms with Gasteiger partial charge in [-0.3, -0.25) is 14.4 Å². The molecule has 5 rings (SSSR count). The van der Waals surface area contributed by atoms with Crippen molar-refractivity contribution in [2.75, 3.05) is 51.3 Å². The molecule has 35 heavy (non-hydrogen) atoms. The highest BCUT2D eigenvalue weighted by molar-refractivity contribution is 5.98. The number of hydrazine groups is 1. The molecule has 0 aliphatic carbocycles. The molecule has 3 aliphatic rings. The van der Waals surface area contributed by atoms with Crippen LogP contribution in [0.2, 0.25) is 0 Å². The maximum Gasteiger partial charge on any atom is 0.256 e. The number of nitrogens with one attached hydrogen (secondary N) is 1. The Morgan fingerprint density at radius 2 is 1.63 bits per heavy atom. The first kappa shape index (κ1) is 23.4. The highest BCUT2D eigenvalue weighted by atomic mass is 19.1. The van der Waals surface area contributed by atoms with Crippen LogP contribution in [0.4, 0.5) is 14.5 Å². The molecule has 0 bridgehead atoms. The first-order chi connectivity index (χ1) is 16.8. The Bertz CT molecular complexity index is 1140. The second-order valence-electron chi connectivity index (χ2n) is 9.34. The van der Waals surface area contributed by atoms with Crippen LogP contribution in [0.1, 0.15) is 10.4 Å². The average Bonchev–Trinajstić information content (AvgIpc) is 3.19. The number of halogens is 2. The summed E-state index contributed by atoms with van der Waals surface area (Å²) >= 11 is 0. The molecule has 3 fully saturated rings. The van der Waals surface area contributed by atoms with Gasteiger partial charge in [-0.15, -0.1) is 0 Å². The summed E-state index contributed by atoms with van der Waals surface area (Å²) < 4.78 is 27.2. The van der Waals surface area contributed by atoms with Gasteiger partial charge in [-0.2, -0.15) is 0 Å². The SMILES string of the molecule is CN1CC(C(=O)N2CCN(C(=O)c3ccc(F)cc3F)CC2)C2NN(c3ccccc3)C(=O)C2C1. The second-order valence-corrected chi connectivity index (χ2v) is 9.34. The van der Waals surface area contributed by atoms with E-state index in [1.807, 2.05) is 42.3 Å². The van der Waals surface area contributed by atoms with Gasteiger partial charge in [0.25, 0.3) is 5.91 Å². The molecule has 3 amide bonds. The van der Waals surface area contributed by atoms with Crippen molar-refractivity contribution in [2.24, 2.45) is 11.8 Å². The van der Waals surface area contributed by atoms with Crippen molar-refractivity contribution in [3.05, 3.63) is 65.7 Å². The van der Waals surface area contributed by atoms with Crippen molar-refractivity contribution in [1.82, 2.24) is 20.1 Å². The zero-order valence-corrected chi connectivity index (χ0v) is 19.4. The van der Waals surface area contributed by atoms with Crippen molar-refractivity contribution in [3.63, 3.8) is 0 Å². The van der Waals surface area contributed by atoms with Crippen molar-refractivity contribution >= 4 is 23.4 Å². The van der Waals surface area contributed by atoms with Crippen LogP contribution in [0, 0.1) is 23.5 Å². The number of piperidine rings is 1. The monoisotopic (exact) mass is 483 g/mol. The van der Waals surface area contributed by atoms with E-state index in [-0.39, 0.29) is 42.4 Å². The minimum atomic E-state index is -0.898. The van der Waals surface area contributed by atoms with E-state index in [1.54, 1.807) is 9.91 Å². The highest BCUT2D eigenvalue weighted by Gasteiger charge is 2.51. The number of carbonyl (C=O) groups is 3. The molecular weight excluding hydrogens is 456 g/mol. The summed E-state index contributed by atoms with van der Waals surface area (Å²) in [6, 6.07) is 11.9. The van der Waals surface area contributed by atoms with Gasteiger partial charge in [0.05, 0.1) is 29.1 Å². The number of carbonyl (C=O) groups excluding carboxylic acids is 3. The fraction of sp³-hybridized carbons (Fsp3) is 0.400. The normalized spacial score (nSPS) is 25.1. The Labute approximate surface area is 202 Å². The molecule has 8 nitrogen and oxygen atoms in total. The molecule has 0 spiro atoms. The lowest BCUT2D eigenvalue weighted by Gasteiger charge is -2.41. The van der Waals surface area contributed by atoms with Gasteiger partial charge in [0.2, 0.25) is 11.8 Å². The van der Waals surface area contributed by atoms with E-state index < -0.39 is 23.5 Å². The topological polar surface area (TPSA) is 76.2 Å². The van der Waals surface area contributed by atoms with Gasteiger partial charge in [0.1, 0.15) is 11.6 Å². The van der Waals surface area contributed by atoms with Crippen molar-refractivity contribution in [3.8, 4) is 0 Å². The molecule has 3 heterocycles.